The van der Waals surface area contributed by atoms with Crippen LogP contribution in [0.2, 0.25) is 0 Å². The fourth-order valence-electron chi connectivity index (χ4n) is 3.70. The number of aromatic amines is 1. The van der Waals surface area contributed by atoms with E-state index in [1.54, 1.807) is 24.3 Å². The lowest BCUT2D eigenvalue weighted by Crippen LogP contribution is -2.15. The van der Waals surface area contributed by atoms with Crippen LogP contribution in [-0.2, 0) is 0 Å². The van der Waals surface area contributed by atoms with Gasteiger partial charge in [-0.05, 0) is 35.2 Å². The summed E-state index contributed by atoms with van der Waals surface area (Å²) in [5.74, 6) is 5.65. The van der Waals surface area contributed by atoms with E-state index in [9.17, 15) is 10.1 Å². The molecule has 4 aromatic rings. The van der Waals surface area contributed by atoms with Gasteiger partial charge in [0, 0.05) is 37.6 Å². The molecule has 7 heteroatoms. The molecular formula is C24H17N5O2. The van der Waals surface area contributed by atoms with Crippen LogP contribution in [0.4, 0.5) is 5.69 Å². The molecule has 0 bridgehead atoms. The molecule has 1 aromatic heterocycles. The van der Waals surface area contributed by atoms with Crippen LogP contribution in [0, 0.1) is 22.0 Å². The van der Waals surface area contributed by atoms with Gasteiger partial charge >= 0.3 is 0 Å². The van der Waals surface area contributed by atoms with Gasteiger partial charge in [-0.2, -0.15) is 0 Å². The average Bonchev–Trinajstić information content (AvgIpc) is 3.16. The molecule has 0 spiro atoms. The van der Waals surface area contributed by atoms with Crippen LogP contribution in [0.3, 0.4) is 0 Å². The predicted molar refractivity (Wildman–Crippen MR) is 120 cm³/mol. The second-order valence-corrected chi connectivity index (χ2v) is 6.89. The summed E-state index contributed by atoms with van der Waals surface area (Å²) in [5.41, 5.74) is 12.9. The molecule has 3 aromatic carbocycles. The van der Waals surface area contributed by atoms with Gasteiger partial charge in [-0.3, -0.25) is 10.1 Å². The van der Waals surface area contributed by atoms with Crippen molar-refractivity contribution < 1.29 is 4.92 Å². The van der Waals surface area contributed by atoms with Gasteiger partial charge in [0.05, 0.1) is 11.6 Å². The van der Waals surface area contributed by atoms with E-state index in [0.29, 0.717) is 16.9 Å². The summed E-state index contributed by atoms with van der Waals surface area (Å²) in [7, 11) is 0. The maximum absolute atomic E-state index is 11.6. The molecule has 1 atom stereocenters. The maximum Gasteiger partial charge on any atom is 0.214 e. The van der Waals surface area contributed by atoms with Gasteiger partial charge in [0.25, 0.3) is 0 Å². The molecule has 0 saturated carbocycles. The van der Waals surface area contributed by atoms with E-state index >= 15 is 0 Å². The number of fused-ring (bicyclic) bond motifs is 1. The average molecular weight is 407 g/mol. The van der Waals surface area contributed by atoms with Gasteiger partial charge in [0.2, 0.25) is 6.54 Å². The van der Waals surface area contributed by atoms with Crippen molar-refractivity contribution in [3.8, 4) is 11.8 Å². The quantitative estimate of drug-likeness (QED) is 0.111. The largest absolute Gasteiger partial charge is 0.348 e. The van der Waals surface area contributed by atoms with Gasteiger partial charge in [0.15, 0.2) is 0 Å². The van der Waals surface area contributed by atoms with E-state index in [-0.39, 0.29) is 11.5 Å². The molecule has 31 heavy (non-hydrogen) atoms. The Morgan fingerprint density at radius 1 is 1.00 bits per heavy atom. The third-order valence-electron chi connectivity index (χ3n) is 5.00. The standard InChI is InChI=1S/C24H17N5O2/c25-28-27-22-13-7-4-10-18(22)20(16-29(30)31)24-19-11-5-6-12-21(19)26-23(24)15-14-17-8-2-1-3-9-17/h1-13,20,26H,16H2/t20-/m0/s1. The zero-order valence-corrected chi connectivity index (χ0v) is 16.4. The highest BCUT2D eigenvalue weighted by Gasteiger charge is 2.28. The lowest BCUT2D eigenvalue weighted by atomic mass is 9.88. The summed E-state index contributed by atoms with van der Waals surface area (Å²) >= 11 is 0. The van der Waals surface area contributed by atoms with Crippen LogP contribution in [0.5, 0.6) is 0 Å². The molecule has 0 fully saturated rings. The molecule has 0 radical (unpaired) electrons. The molecule has 0 amide bonds. The van der Waals surface area contributed by atoms with Crippen LogP contribution < -0.4 is 0 Å². The summed E-state index contributed by atoms with van der Waals surface area (Å²) in [6.07, 6.45) is 0. The Morgan fingerprint density at radius 2 is 1.71 bits per heavy atom. The highest BCUT2D eigenvalue weighted by Crippen LogP contribution is 2.38. The number of hydrogen-bond acceptors (Lipinski definition) is 3. The van der Waals surface area contributed by atoms with Crippen molar-refractivity contribution in [2.24, 2.45) is 5.11 Å². The number of hydrogen-bond donors (Lipinski definition) is 1. The van der Waals surface area contributed by atoms with E-state index in [1.165, 1.54) is 0 Å². The molecule has 0 aliphatic rings. The second kappa shape index (κ2) is 8.87. The molecule has 1 heterocycles. The number of nitrogens with zero attached hydrogens (tertiary/aromatic N) is 4. The number of benzene rings is 3. The smallest absolute Gasteiger partial charge is 0.214 e. The van der Waals surface area contributed by atoms with E-state index < -0.39 is 5.92 Å². The predicted octanol–water partition coefficient (Wildman–Crippen LogP) is 5.92. The Morgan fingerprint density at radius 3 is 2.48 bits per heavy atom. The van der Waals surface area contributed by atoms with Gasteiger partial charge in [-0.15, -0.1) is 0 Å². The molecule has 0 saturated heterocycles. The molecule has 0 aliphatic carbocycles. The Hall–Kier alpha value is -4.53. The van der Waals surface area contributed by atoms with Crippen LogP contribution in [0.1, 0.15) is 28.3 Å². The monoisotopic (exact) mass is 407 g/mol. The SMILES string of the molecule is [N-]=[N+]=Nc1ccccc1[C@H](C[N+](=O)[O-])c1c(C#Cc2ccccc2)[nH]c2ccccc12. The number of azide groups is 1. The Kier molecular flexibility index (Phi) is 5.66. The van der Waals surface area contributed by atoms with E-state index in [2.05, 4.69) is 26.9 Å². The zero-order valence-electron chi connectivity index (χ0n) is 16.4. The fraction of sp³-hybridized carbons (Fsp3) is 0.0833. The van der Waals surface area contributed by atoms with Crippen LogP contribution in [0.15, 0.2) is 84.0 Å². The molecule has 7 nitrogen and oxygen atoms in total. The summed E-state index contributed by atoms with van der Waals surface area (Å²) in [4.78, 5) is 17.5. The van der Waals surface area contributed by atoms with Crippen LogP contribution >= 0.6 is 0 Å². The minimum absolute atomic E-state index is 0.353. The third kappa shape index (κ3) is 4.25. The lowest BCUT2D eigenvalue weighted by Gasteiger charge is -2.16. The first-order valence-corrected chi connectivity index (χ1v) is 9.61. The van der Waals surface area contributed by atoms with E-state index in [4.69, 9.17) is 5.53 Å². The van der Waals surface area contributed by atoms with Gasteiger partial charge in [-0.25, -0.2) is 0 Å². The first-order valence-electron chi connectivity index (χ1n) is 9.61. The molecule has 150 valence electrons. The van der Waals surface area contributed by atoms with E-state index in [1.807, 2.05) is 54.6 Å². The Labute approximate surface area is 178 Å². The first-order chi connectivity index (χ1) is 15.2. The van der Waals surface area contributed by atoms with Crippen molar-refractivity contribution in [3.05, 3.63) is 122 Å². The minimum Gasteiger partial charge on any atom is -0.348 e. The number of aromatic nitrogens is 1. The summed E-state index contributed by atoms with van der Waals surface area (Å²) in [6, 6.07) is 24.1. The second-order valence-electron chi connectivity index (χ2n) is 6.89. The van der Waals surface area contributed by atoms with E-state index in [0.717, 1.165) is 22.0 Å². The first kappa shape index (κ1) is 19.8. The topological polar surface area (TPSA) is 108 Å². The summed E-state index contributed by atoms with van der Waals surface area (Å²) in [5, 5.41) is 16.2. The molecule has 0 aliphatic heterocycles. The maximum atomic E-state index is 11.6. The molecular weight excluding hydrogens is 390 g/mol. The van der Waals surface area contributed by atoms with Crippen molar-refractivity contribution >= 4 is 16.6 Å². The molecule has 1 N–H and O–H groups in total. The fourth-order valence-corrected chi connectivity index (χ4v) is 3.70. The highest BCUT2D eigenvalue weighted by atomic mass is 16.6. The van der Waals surface area contributed by atoms with Crippen LogP contribution in [-0.4, -0.2) is 16.5 Å². The van der Waals surface area contributed by atoms with Crippen molar-refractivity contribution in [2.75, 3.05) is 6.54 Å². The van der Waals surface area contributed by atoms with Gasteiger partial charge in [0.1, 0.15) is 0 Å². The minimum atomic E-state index is -0.645. The highest BCUT2D eigenvalue weighted by molar-refractivity contribution is 5.87. The van der Waals surface area contributed by atoms with Gasteiger partial charge < -0.3 is 4.98 Å². The summed E-state index contributed by atoms with van der Waals surface area (Å²) in [6.45, 7) is -0.361. The zero-order chi connectivity index (χ0) is 21.6. The van der Waals surface area contributed by atoms with Gasteiger partial charge in [-0.1, -0.05) is 71.7 Å². The Balaban J connectivity index is 1.96. The van der Waals surface area contributed by atoms with Crippen molar-refractivity contribution in [2.45, 2.75) is 5.92 Å². The van der Waals surface area contributed by atoms with Crippen LogP contribution in [0.25, 0.3) is 21.3 Å². The normalized spacial score (nSPS) is 11.2. The molecule has 4 rings (SSSR count). The number of para-hydroxylation sites is 1. The van der Waals surface area contributed by atoms with Crippen molar-refractivity contribution in [1.29, 1.82) is 0 Å². The number of rotatable bonds is 5. The Bertz CT molecular complexity index is 1360. The molecule has 0 unspecified atom stereocenters. The van der Waals surface area contributed by atoms with Crippen molar-refractivity contribution in [1.82, 2.24) is 4.98 Å². The number of nitrogens with one attached hydrogen (secondary N) is 1. The van der Waals surface area contributed by atoms with Crippen molar-refractivity contribution in [3.63, 3.8) is 0 Å². The summed E-state index contributed by atoms with van der Waals surface area (Å²) < 4.78 is 0. The lowest BCUT2D eigenvalue weighted by molar-refractivity contribution is -0.481. The third-order valence-corrected chi connectivity index (χ3v) is 5.00. The number of H-pyrrole nitrogens is 1. The number of nitro groups is 1.